The van der Waals surface area contributed by atoms with E-state index in [0.717, 1.165) is 11.4 Å². The number of hydrogen-bond donors (Lipinski definition) is 2. The highest BCUT2D eigenvalue weighted by atomic mass is 32.2. The molecule has 6 nitrogen and oxygen atoms in total. The van der Waals surface area contributed by atoms with Crippen molar-refractivity contribution in [3.8, 4) is 0 Å². The van der Waals surface area contributed by atoms with E-state index >= 15 is 0 Å². The number of aryl methyl sites for hydroxylation is 1. The molecule has 2 N–H and O–H groups in total. The number of sulfonamides is 1. The first kappa shape index (κ1) is 21.6. The molecule has 0 bridgehead atoms. The minimum absolute atomic E-state index is 0.140. The second-order valence-electron chi connectivity index (χ2n) is 6.50. The normalized spacial score (nSPS) is 12.9. The quantitative estimate of drug-likeness (QED) is 0.662. The van der Waals surface area contributed by atoms with Crippen LogP contribution in [0.15, 0.2) is 40.6 Å². The molecule has 0 aliphatic carbocycles. The fourth-order valence-electron chi connectivity index (χ4n) is 2.85. The molecule has 2 rings (SSSR count). The molecule has 0 saturated heterocycles. The van der Waals surface area contributed by atoms with Crippen molar-refractivity contribution in [1.82, 2.24) is 4.31 Å². The lowest BCUT2D eigenvalue weighted by Gasteiger charge is -2.19. The van der Waals surface area contributed by atoms with Crippen LogP contribution in [-0.2, 0) is 21.4 Å². The molecule has 1 aromatic heterocycles. The highest BCUT2D eigenvalue weighted by Crippen LogP contribution is 2.19. The number of nitrogens with zero attached hydrogens (tertiary/aromatic N) is 1. The van der Waals surface area contributed by atoms with E-state index in [2.05, 4.69) is 23.7 Å². The average Bonchev–Trinajstić information content (AvgIpc) is 3.00. The maximum Gasteiger partial charge on any atom is 0.279 e. The molecule has 1 amide bonds. The number of carbonyl (C=O) groups is 1. The Kier molecular flexibility index (Phi) is 7.55. The van der Waals surface area contributed by atoms with Gasteiger partial charge >= 0.3 is 0 Å². The first-order valence-electron chi connectivity index (χ1n) is 9.02. The third-order valence-electron chi connectivity index (χ3n) is 4.35. The zero-order valence-electron chi connectivity index (χ0n) is 16.3. The largest absolute Gasteiger partial charge is 0.325 e. The zero-order valence-corrected chi connectivity index (χ0v) is 17.9. The number of carbonyl (C=O) groups excluding carboxylic acids is 1. The molecule has 1 aromatic carbocycles. The minimum atomic E-state index is -3.54. The molecule has 1 heterocycles. The Morgan fingerprint density at radius 1 is 1.22 bits per heavy atom. The van der Waals surface area contributed by atoms with Crippen molar-refractivity contribution in [2.24, 2.45) is 0 Å². The first-order chi connectivity index (χ1) is 12.8. The lowest BCUT2D eigenvalue weighted by atomic mass is 10.3. The minimum Gasteiger partial charge on any atom is -0.325 e. The van der Waals surface area contributed by atoms with E-state index in [-0.39, 0.29) is 10.8 Å². The second kappa shape index (κ2) is 9.45. The maximum absolute atomic E-state index is 12.6. The van der Waals surface area contributed by atoms with Gasteiger partial charge in [0.2, 0.25) is 10.0 Å². The van der Waals surface area contributed by atoms with Crippen LogP contribution in [0.25, 0.3) is 0 Å². The van der Waals surface area contributed by atoms with Crippen LogP contribution in [0.2, 0.25) is 0 Å². The number of rotatable bonds is 9. The number of nitrogens with one attached hydrogen (secondary N) is 2. The Balaban J connectivity index is 2.03. The zero-order chi connectivity index (χ0) is 20.0. The molecular weight excluding hydrogens is 382 g/mol. The summed E-state index contributed by atoms with van der Waals surface area (Å²) in [4.78, 5) is 14.9. The third-order valence-corrected chi connectivity index (χ3v) is 7.42. The molecule has 0 fully saturated rings. The molecular formula is C19H28N3O3S2+. The molecule has 1 unspecified atom stereocenters. The van der Waals surface area contributed by atoms with Gasteiger partial charge in [-0.25, -0.2) is 8.42 Å². The predicted molar refractivity (Wildman–Crippen MR) is 110 cm³/mol. The van der Waals surface area contributed by atoms with Crippen LogP contribution in [0.3, 0.4) is 0 Å². The molecule has 2 aromatic rings. The Labute approximate surface area is 165 Å². The Morgan fingerprint density at radius 3 is 2.52 bits per heavy atom. The van der Waals surface area contributed by atoms with Crippen LogP contribution in [0.1, 0.15) is 24.3 Å². The predicted octanol–water partition coefficient (Wildman–Crippen LogP) is 1.74. The molecule has 0 saturated carbocycles. The van der Waals surface area contributed by atoms with Gasteiger partial charge in [0.1, 0.15) is 6.54 Å². The van der Waals surface area contributed by atoms with Crippen molar-refractivity contribution in [1.29, 1.82) is 0 Å². The summed E-state index contributed by atoms with van der Waals surface area (Å²) in [6, 6.07) is 8.51. The Morgan fingerprint density at radius 2 is 1.93 bits per heavy atom. The summed E-state index contributed by atoms with van der Waals surface area (Å²) in [5, 5.41) is 4.87. The van der Waals surface area contributed by atoms with E-state index in [4.69, 9.17) is 0 Å². The van der Waals surface area contributed by atoms with E-state index in [1.165, 1.54) is 20.8 Å². The van der Waals surface area contributed by atoms with E-state index < -0.39 is 10.0 Å². The first-order valence-corrected chi connectivity index (χ1v) is 11.3. The van der Waals surface area contributed by atoms with E-state index in [1.54, 1.807) is 43.4 Å². The van der Waals surface area contributed by atoms with E-state index in [9.17, 15) is 13.2 Å². The highest BCUT2D eigenvalue weighted by Gasteiger charge is 2.22. The standard InChI is InChI=1S/C19H27N3O3S2/c1-5-22(6-2)27(24,25)17-9-7-8-16(12-17)20-19(23)14-21(4)13-18-15(3)10-11-26-18/h7-12H,5-6,13-14H2,1-4H3,(H,20,23)/p+1. The Bertz CT molecular complexity index is 874. The van der Waals surface area contributed by atoms with Crippen LogP contribution in [0, 0.1) is 6.92 Å². The summed E-state index contributed by atoms with van der Waals surface area (Å²) in [5.41, 5.74) is 1.74. The van der Waals surface area contributed by atoms with Crippen molar-refractivity contribution in [2.45, 2.75) is 32.2 Å². The molecule has 1 atom stereocenters. The molecule has 27 heavy (non-hydrogen) atoms. The van der Waals surface area contributed by atoms with Gasteiger partial charge in [0.25, 0.3) is 5.91 Å². The number of quaternary nitrogens is 1. The summed E-state index contributed by atoms with van der Waals surface area (Å²) in [7, 11) is -1.57. The van der Waals surface area contributed by atoms with Gasteiger partial charge in [-0.3, -0.25) is 4.79 Å². The fourth-order valence-corrected chi connectivity index (χ4v) is 5.37. The fraction of sp³-hybridized carbons (Fsp3) is 0.421. The van der Waals surface area contributed by atoms with Gasteiger partial charge in [-0.05, 0) is 42.1 Å². The number of likely N-dealkylation sites (N-methyl/N-ethyl adjacent to an activating group) is 1. The van der Waals surface area contributed by atoms with Gasteiger partial charge in [0.15, 0.2) is 6.54 Å². The van der Waals surface area contributed by atoms with Gasteiger partial charge in [-0.15, -0.1) is 11.3 Å². The molecule has 8 heteroatoms. The van der Waals surface area contributed by atoms with E-state index in [1.807, 2.05) is 7.05 Å². The van der Waals surface area contributed by atoms with Crippen LogP contribution in [0.5, 0.6) is 0 Å². The molecule has 0 aliphatic rings. The average molecular weight is 411 g/mol. The summed E-state index contributed by atoms with van der Waals surface area (Å²) < 4.78 is 26.7. The topological polar surface area (TPSA) is 70.9 Å². The van der Waals surface area contributed by atoms with Crippen molar-refractivity contribution in [3.05, 3.63) is 46.2 Å². The molecule has 0 spiro atoms. The van der Waals surface area contributed by atoms with Gasteiger partial charge in [-0.1, -0.05) is 19.9 Å². The number of thiophene rings is 1. The third kappa shape index (κ3) is 5.62. The molecule has 148 valence electrons. The van der Waals surface area contributed by atoms with Crippen molar-refractivity contribution in [2.75, 3.05) is 32.0 Å². The van der Waals surface area contributed by atoms with Crippen molar-refractivity contribution in [3.63, 3.8) is 0 Å². The van der Waals surface area contributed by atoms with Crippen molar-refractivity contribution < 1.29 is 18.1 Å². The maximum atomic E-state index is 12.6. The highest BCUT2D eigenvalue weighted by molar-refractivity contribution is 7.89. The summed E-state index contributed by atoms with van der Waals surface area (Å²) in [6.45, 7) is 7.59. The smallest absolute Gasteiger partial charge is 0.279 e. The van der Waals surface area contributed by atoms with Gasteiger partial charge in [0, 0.05) is 18.8 Å². The lowest BCUT2D eigenvalue weighted by Crippen LogP contribution is -3.08. The lowest BCUT2D eigenvalue weighted by molar-refractivity contribution is -0.884. The summed E-state index contributed by atoms with van der Waals surface area (Å²) >= 11 is 1.70. The van der Waals surface area contributed by atoms with Crippen LogP contribution in [0.4, 0.5) is 5.69 Å². The Hall–Kier alpha value is -1.74. The van der Waals surface area contributed by atoms with Gasteiger partial charge in [0.05, 0.1) is 16.8 Å². The second-order valence-corrected chi connectivity index (χ2v) is 9.44. The van der Waals surface area contributed by atoms with Crippen LogP contribution in [-0.4, -0.2) is 45.3 Å². The number of benzene rings is 1. The molecule has 0 aliphatic heterocycles. The SMILES string of the molecule is CCN(CC)S(=O)(=O)c1cccc(NC(=O)C[NH+](C)Cc2sccc2C)c1. The van der Waals surface area contributed by atoms with Crippen LogP contribution < -0.4 is 10.2 Å². The number of amides is 1. The number of hydrogen-bond acceptors (Lipinski definition) is 4. The summed E-state index contributed by atoms with van der Waals surface area (Å²) in [5.74, 6) is -0.140. The number of anilines is 1. The molecule has 0 radical (unpaired) electrons. The monoisotopic (exact) mass is 410 g/mol. The van der Waals surface area contributed by atoms with E-state index in [0.29, 0.717) is 25.3 Å². The summed E-state index contributed by atoms with van der Waals surface area (Å²) in [6.07, 6.45) is 0. The van der Waals surface area contributed by atoms with Gasteiger partial charge < -0.3 is 10.2 Å². The van der Waals surface area contributed by atoms with Gasteiger partial charge in [-0.2, -0.15) is 4.31 Å². The van der Waals surface area contributed by atoms with Crippen LogP contribution >= 0.6 is 11.3 Å². The van der Waals surface area contributed by atoms with Crippen molar-refractivity contribution >= 4 is 33.0 Å².